The molecule has 0 fully saturated rings. The summed E-state index contributed by atoms with van der Waals surface area (Å²) in [5.74, 6) is 0.662. The van der Waals surface area contributed by atoms with E-state index >= 15 is 0 Å². The maximum absolute atomic E-state index is 12.2. The molecule has 108 valence electrons. The van der Waals surface area contributed by atoms with Crippen LogP contribution in [0.4, 0.5) is 5.69 Å². The molecule has 2 rings (SSSR count). The van der Waals surface area contributed by atoms with Gasteiger partial charge in [0.2, 0.25) is 5.91 Å². The molecule has 1 aromatic rings. The standard InChI is InChI=1S/C15H20N2O3/c1-10(2)9-16-14(18)8-13-15(19)17(3)11-6-4-5-7-12(11)20-13/h4-7,10,13H,8-9H2,1-3H3,(H,16,18). The Bertz CT molecular complexity index is 514. The number of anilines is 1. The molecule has 5 heteroatoms. The Balaban J connectivity index is 2.04. The van der Waals surface area contributed by atoms with Gasteiger partial charge in [-0.25, -0.2) is 0 Å². The van der Waals surface area contributed by atoms with Gasteiger partial charge >= 0.3 is 0 Å². The number of ether oxygens (including phenoxy) is 1. The predicted molar refractivity (Wildman–Crippen MR) is 76.7 cm³/mol. The fraction of sp³-hybridized carbons (Fsp3) is 0.467. The Labute approximate surface area is 118 Å². The molecular weight excluding hydrogens is 256 g/mol. The number of nitrogens with one attached hydrogen (secondary N) is 1. The summed E-state index contributed by atoms with van der Waals surface area (Å²) in [4.78, 5) is 25.5. The van der Waals surface area contributed by atoms with E-state index in [1.54, 1.807) is 18.0 Å². The first kappa shape index (κ1) is 14.4. The molecule has 0 saturated heterocycles. The van der Waals surface area contributed by atoms with Crippen molar-refractivity contribution in [3.63, 3.8) is 0 Å². The highest BCUT2D eigenvalue weighted by molar-refractivity contribution is 6.01. The molecule has 1 heterocycles. The third-order valence-electron chi connectivity index (χ3n) is 3.18. The maximum Gasteiger partial charge on any atom is 0.268 e. The zero-order valence-corrected chi connectivity index (χ0v) is 12.1. The SMILES string of the molecule is CC(C)CNC(=O)CC1Oc2ccccc2N(C)C1=O. The van der Waals surface area contributed by atoms with Crippen LogP contribution in [-0.2, 0) is 9.59 Å². The van der Waals surface area contributed by atoms with Gasteiger partial charge in [-0.3, -0.25) is 9.59 Å². The maximum atomic E-state index is 12.2. The Hall–Kier alpha value is -2.04. The molecule has 1 N–H and O–H groups in total. The van der Waals surface area contributed by atoms with E-state index in [-0.39, 0.29) is 18.2 Å². The quantitative estimate of drug-likeness (QED) is 0.908. The first-order chi connectivity index (χ1) is 9.49. The smallest absolute Gasteiger partial charge is 0.268 e. The van der Waals surface area contributed by atoms with Crippen LogP contribution in [0.1, 0.15) is 20.3 Å². The Morgan fingerprint density at radius 3 is 2.80 bits per heavy atom. The van der Waals surface area contributed by atoms with Gasteiger partial charge in [-0.05, 0) is 18.1 Å². The molecule has 0 radical (unpaired) electrons. The Kier molecular flexibility index (Phi) is 4.27. The number of para-hydroxylation sites is 2. The first-order valence-corrected chi connectivity index (χ1v) is 6.79. The van der Waals surface area contributed by atoms with Gasteiger partial charge < -0.3 is 15.0 Å². The topological polar surface area (TPSA) is 58.6 Å². The molecule has 2 amide bonds. The van der Waals surface area contributed by atoms with E-state index in [4.69, 9.17) is 4.74 Å². The fourth-order valence-electron chi connectivity index (χ4n) is 2.06. The third kappa shape index (κ3) is 3.10. The zero-order chi connectivity index (χ0) is 14.7. The molecule has 1 aliphatic heterocycles. The van der Waals surface area contributed by atoms with Gasteiger partial charge in [-0.15, -0.1) is 0 Å². The number of rotatable bonds is 4. The number of hydrogen-bond donors (Lipinski definition) is 1. The summed E-state index contributed by atoms with van der Waals surface area (Å²) < 4.78 is 5.64. The summed E-state index contributed by atoms with van der Waals surface area (Å²) >= 11 is 0. The highest BCUT2D eigenvalue weighted by Gasteiger charge is 2.33. The van der Waals surface area contributed by atoms with Crippen LogP contribution < -0.4 is 15.0 Å². The van der Waals surface area contributed by atoms with E-state index in [0.29, 0.717) is 18.2 Å². The van der Waals surface area contributed by atoms with Crippen LogP contribution in [0, 0.1) is 5.92 Å². The number of carbonyl (C=O) groups is 2. The van der Waals surface area contributed by atoms with Crippen molar-refractivity contribution in [1.82, 2.24) is 5.32 Å². The third-order valence-corrected chi connectivity index (χ3v) is 3.18. The van der Waals surface area contributed by atoms with Gasteiger partial charge in [0, 0.05) is 13.6 Å². The minimum Gasteiger partial charge on any atom is -0.478 e. The lowest BCUT2D eigenvalue weighted by Crippen LogP contribution is -2.46. The summed E-state index contributed by atoms with van der Waals surface area (Å²) in [5.41, 5.74) is 0.733. The van der Waals surface area contributed by atoms with E-state index in [0.717, 1.165) is 5.69 Å². The van der Waals surface area contributed by atoms with Crippen molar-refractivity contribution in [2.24, 2.45) is 5.92 Å². The molecule has 1 aliphatic rings. The van der Waals surface area contributed by atoms with Crippen LogP contribution in [0.15, 0.2) is 24.3 Å². The molecule has 0 bridgehead atoms. The fourth-order valence-corrected chi connectivity index (χ4v) is 2.06. The van der Waals surface area contributed by atoms with Crippen molar-refractivity contribution in [2.45, 2.75) is 26.4 Å². The van der Waals surface area contributed by atoms with Crippen LogP contribution in [-0.4, -0.2) is 31.5 Å². The number of hydrogen-bond acceptors (Lipinski definition) is 3. The second-order valence-electron chi connectivity index (χ2n) is 5.37. The minimum atomic E-state index is -0.748. The van der Waals surface area contributed by atoms with Gasteiger partial charge in [0.15, 0.2) is 6.10 Å². The molecule has 1 atom stereocenters. The average Bonchev–Trinajstić information content (AvgIpc) is 2.42. The average molecular weight is 276 g/mol. The normalized spacial score (nSPS) is 17.7. The largest absolute Gasteiger partial charge is 0.478 e. The van der Waals surface area contributed by atoms with E-state index in [1.165, 1.54) is 0 Å². The molecule has 0 aromatic heterocycles. The van der Waals surface area contributed by atoms with Crippen LogP contribution in [0.2, 0.25) is 0 Å². The first-order valence-electron chi connectivity index (χ1n) is 6.79. The Morgan fingerprint density at radius 1 is 1.40 bits per heavy atom. The zero-order valence-electron chi connectivity index (χ0n) is 12.1. The summed E-state index contributed by atoms with van der Waals surface area (Å²) in [6, 6.07) is 7.32. The van der Waals surface area contributed by atoms with Crippen molar-refractivity contribution in [2.75, 3.05) is 18.5 Å². The molecule has 0 aliphatic carbocycles. The van der Waals surface area contributed by atoms with Crippen LogP contribution in [0.25, 0.3) is 0 Å². The number of amides is 2. The summed E-state index contributed by atoms with van der Waals surface area (Å²) in [7, 11) is 1.70. The van der Waals surface area contributed by atoms with E-state index < -0.39 is 6.10 Å². The van der Waals surface area contributed by atoms with Crippen LogP contribution in [0.3, 0.4) is 0 Å². The number of likely N-dealkylation sites (N-methyl/N-ethyl adjacent to an activating group) is 1. The lowest BCUT2D eigenvalue weighted by atomic mass is 10.1. The van der Waals surface area contributed by atoms with Gasteiger partial charge in [0.05, 0.1) is 12.1 Å². The summed E-state index contributed by atoms with van der Waals surface area (Å²) in [6.45, 7) is 4.64. The number of benzene rings is 1. The van der Waals surface area contributed by atoms with Crippen molar-refractivity contribution < 1.29 is 14.3 Å². The molecule has 1 aromatic carbocycles. The molecule has 0 spiro atoms. The van der Waals surface area contributed by atoms with Gasteiger partial charge in [0.1, 0.15) is 5.75 Å². The van der Waals surface area contributed by atoms with Crippen molar-refractivity contribution >= 4 is 17.5 Å². The number of carbonyl (C=O) groups excluding carboxylic acids is 2. The highest BCUT2D eigenvalue weighted by atomic mass is 16.5. The van der Waals surface area contributed by atoms with E-state index in [2.05, 4.69) is 5.32 Å². The van der Waals surface area contributed by atoms with Gasteiger partial charge in [-0.1, -0.05) is 26.0 Å². The van der Waals surface area contributed by atoms with E-state index in [1.807, 2.05) is 32.0 Å². The summed E-state index contributed by atoms with van der Waals surface area (Å²) in [5, 5.41) is 2.80. The monoisotopic (exact) mass is 276 g/mol. The van der Waals surface area contributed by atoms with Crippen molar-refractivity contribution in [3.8, 4) is 5.75 Å². The van der Waals surface area contributed by atoms with Gasteiger partial charge in [-0.2, -0.15) is 0 Å². The van der Waals surface area contributed by atoms with E-state index in [9.17, 15) is 9.59 Å². The lowest BCUT2D eigenvalue weighted by molar-refractivity contribution is -0.132. The molecule has 1 unspecified atom stereocenters. The molecule has 20 heavy (non-hydrogen) atoms. The lowest BCUT2D eigenvalue weighted by Gasteiger charge is -2.31. The molecule has 5 nitrogen and oxygen atoms in total. The second-order valence-corrected chi connectivity index (χ2v) is 5.37. The second kappa shape index (κ2) is 5.94. The minimum absolute atomic E-state index is 0.0459. The Morgan fingerprint density at radius 2 is 2.10 bits per heavy atom. The number of nitrogens with zero attached hydrogens (tertiary/aromatic N) is 1. The number of fused-ring (bicyclic) bond motifs is 1. The van der Waals surface area contributed by atoms with Gasteiger partial charge in [0.25, 0.3) is 5.91 Å². The van der Waals surface area contributed by atoms with Crippen LogP contribution >= 0.6 is 0 Å². The molecule has 0 saturated carbocycles. The molecular formula is C15H20N2O3. The highest BCUT2D eigenvalue weighted by Crippen LogP contribution is 2.33. The predicted octanol–water partition coefficient (Wildman–Crippen LogP) is 1.57. The summed E-state index contributed by atoms with van der Waals surface area (Å²) in [6.07, 6.45) is -0.702. The van der Waals surface area contributed by atoms with Crippen molar-refractivity contribution in [1.29, 1.82) is 0 Å². The van der Waals surface area contributed by atoms with Crippen LogP contribution in [0.5, 0.6) is 5.75 Å². The van der Waals surface area contributed by atoms with Crippen molar-refractivity contribution in [3.05, 3.63) is 24.3 Å².